The smallest absolute Gasteiger partial charge is 0.338 e. The average Bonchev–Trinajstić information content (AvgIpc) is 3.65. The Hall–Kier alpha value is -5.53. The van der Waals surface area contributed by atoms with Crippen LogP contribution in [-0.4, -0.2) is 21.7 Å². The zero-order chi connectivity index (χ0) is 34.1. The highest BCUT2D eigenvalue weighted by Crippen LogP contribution is 2.37. The minimum atomic E-state index is -0.666. The summed E-state index contributed by atoms with van der Waals surface area (Å²) in [4.78, 5) is 33.4. The van der Waals surface area contributed by atoms with E-state index in [0.717, 1.165) is 39.3 Å². The lowest BCUT2D eigenvalue weighted by molar-refractivity contribution is -0.139. The molecule has 1 aliphatic rings. The van der Waals surface area contributed by atoms with Crippen LogP contribution in [0.15, 0.2) is 142 Å². The van der Waals surface area contributed by atoms with Crippen molar-refractivity contribution in [1.29, 1.82) is 0 Å². The van der Waals surface area contributed by atoms with Gasteiger partial charge in [0.1, 0.15) is 0 Å². The van der Waals surface area contributed by atoms with E-state index in [-0.39, 0.29) is 12.2 Å². The molecule has 1 aliphatic heterocycles. The molecule has 0 saturated heterocycles. The lowest BCUT2D eigenvalue weighted by Gasteiger charge is -2.25. The Morgan fingerprint density at radius 2 is 1.49 bits per heavy atom. The fourth-order valence-electron chi connectivity index (χ4n) is 6.51. The van der Waals surface area contributed by atoms with Crippen molar-refractivity contribution in [3.63, 3.8) is 0 Å². The van der Waals surface area contributed by atoms with Crippen molar-refractivity contribution < 1.29 is 9.53 Å². The van der Waals surface area contributed by atoms with E-state index < -0.39 is 12.0 Å². The van der Waals surface area contributed by atoms with Gasteiger partial charge in [0.05, 0.1) is 39.8 Å². The maximum absolute atomic E-state index is 14.6. The van der Waals surface area contributed by atoms with Gasteiger partial charge in [-0.3, -0.25) is 9.36 Å². The molecule has 0 aliphatic carbocycles. The van der Waals surface area contributed by atoms with Crippen LogP contribution in [0.3, 0.4) is 0 Å². The third-order valence-electron chi connectivity index (χ3n) is 8.88. The van der Waals surface area contributed by atoms with Gasteiger partial charge in [-0.05, 0) is 66.3 Å². The number of carbonyl (C=O) groups excluding carboxylic acids is 1. The van der Waals surface area contributed by atoms with E-state index in [9.17, 15) is 9.59 Å². The van der Waals surface area contributed by atoms with Crippen LogP contribution < -0.4 is 14.9 Å². The van der Waals surface area contributed by atoms with Crippen LogP contribution >= 0.6 is 11.3 Å². The number of nitrogens with zero attached hydrogens (tertiary/aromatic N) is 3. The predicted octanol–water partition coefficient (Wildman–Crippen LogP) is 8.05. The second-order valence-corrected chi connectivity index (χ2v) is 13.4. The van der Waals surface area contributed by atoms with E-state index in [2.05, 4.69) is 73.0 Å². The van der Waals surface area contributed by atoms with Gasteiger partial charge in [-0.1, -0.05) is 128 Å². The van der Waals surface area contributed by atoms with Crippen LogP contribution in [0.5, 0.6) is 0 Å². The number of esters is 1. The molecule has 1 atom stereocenters. The van der Waals surface area contributed by atoms with Crippen molar-refractivity contribution in [2.24, 2.45) is 4.99 Å². The summed E-state index contributed by atoms with van der Waals surface area (Å²) in [5.41, 5.74) is 8.72. The second-order valence-electron chi connectivity index (χ2n) is 12.4. The van der Waals surface area contributed by atoms with Crippen LogP contribution in [-0.2, 0) is 9.53 Å². The van der Waals surface area contributed by atoms with Crippen molar-refractivity contribution in [3.05, 3.63) is 169 Å². The number of para-hydroxylation sites is 1. The van der Waals surface area contributed by atoms with Crippen molar-refractivity contribution in [1.82, 2.24) is 9.13 Å². The number of hydrogen-bond donors (Lipinski definition) is 0. The highest BCUT2D eigenvalue weighted by atomic mass is 32.1. The largest absolute Gasteiger partial charge is 0.463 e. The number of aromatic nitrogens is 2. The maximum atomic E-state index is 14.6. The second kappa shape index (κ2) is 13.5. The molecule has 0 unspecified atom stereocenters. The van der Waals surface area contributed by atoms with Gasteiger partial charge in [-0.2, -0.15) is 0 Å². The van der Waals surface area contributed by atoms with Crippen molar-refractivity contribution in [2.75, 3.05) is 6.61 Å². The normalized spacial score (nSPS) is 14.6. The Labute approximate surface area is 289 Å². The van der Waals surface area contributed by atoms with Crippen LogP contribution in [0.25, 0.3) is 34.3 Å². The molecule has 2 aromatic heterocycles. The van der Waals surface area contributed by atoms with E-state index in [1.165, 1.54) is 16.9 Å². The molecule has 4 aromatic carbocycles. The van der Waals surface area contributed by atoms with Crippen LogP contribution in [0.2, 0.25) is 0 Å². The Balaban J connectivity index is 1.49. The third-order valence-corrected chi connectivity index (χ3v) is 9.87. The lowest BCUT2D eigenvalue weighted by atomic mass is 9.93. The Morgan fingerprint density at radius 3 is 2.10 bits per heavy atom. The van der Waals surface area contributed by atoms with E-state index in [4.69, 9.17) is 9.73 Å². The molecule has 6 aromatic rings. The topological polar surface area (TPSA) is 65.6 Å². The van der Waals surface area contributed by atoms with Gasteiger partial charge in [0.15, 0.2) is 4.80 Å². The van der Waals surface area contributed by atoms with Crippen molar-refractivity contribution >= 4 is 23.4 Å². The summed E-state index contributed by atoms with van der Waals surface area (Å²) in [5, 5.41) is 0. The summed E-state index contributed by atoms with van der Waals surface area (Å²) in [6.07, 6.45) is 1.97. The molecular formula is C42H37N3O3S. The number of hydrogen-bond acceptors (Lipinski definition) is 5. The van der Waals surface area contributed by atoms with Gasteiger partial charge < -0.3 is 9.30 Å². The van der Waals surface area contributed by atoms with Crippen LogP contribution in [0.4, 0.5) is 0 Å². The van der Waals surface area contributed by atoms with Gasteiger partial charge in [-0.15, -0.1) is 0 Å². The number of carbonyl (C=O) groups is 1. The molecule has 6 nitrogen and oxygen atoms in total. The number of benzene rings is 4. The molecule has 0 N–H and O–H groups in total. The average molecular weight is 664 g/mol. The van der Waals surface area contributed by atoms with E-state index in [1.54, 1.807) is 11.5 Å². The number of rotatable bonds is 8. The number of ether oxygens (including phenoxy) is 1. The van der Waals surface area contributed by atoms with Crippen molar-refractivity contribution in [2.45, 2.75) is 39.7 Å². The maximum Gasteiger partial charge on any atom is 0.338 e. The molecule has 0 radical (unpaired) electrons. The summed E-state index contributed by atoms with van der Waals surface area (Å²) < 4.78 is 9.96. The first-order valence-corrected chi connectivity index (χ1v) is 17.4. The molecule has 0 spiro atoms. The first-order valence-electron chi connectivity index (χ1n) is 16.6. The van der Waals surface area contributed by atoms with Gasteiger partial charge in [0.25, 0.3) is 5.56 Å². The zero-order valence-electron chi connectivity index (χ0n) is 28.0. The molecular weight excluding hydrogens is 627 g/mol. The molecule has 0 amide bonds. The van der Waals surface area contributed by atoms with E-state index >= 15 is 0 Å². The quantitative estimate of drug-likeness (QED) is 0.155. The van der Waals surface area contributed by atoms with Gasteiger partial charge in [0.2, 0.25) is 0 Å². The Bertz CT molecular complexity index is 2350. The summed E-state index contributed by atoms with van der Waals surface area (Å²) >= 11 is 1.34. The third kappa shape index (κ3) is 6.02. The van der Waals surface area contributed by atoms with E-state index in [0.29, 0.717) is 26.5 Å². The monoisotopic (exact) mass is 663 g/mol. The fraction of sp³-hybridized carbons (Fsp3) is 0.167. The van der Waals surface area contributed by atoms with Gasteiger partial charge >= 0.3 is 5.97 Å². The number of fused-ring (bicyclic) bond motifs is 1. The molecule has 0 fully saturated rings. The molecule has 7 rings (SSSR count). The minimum Gasteiger partial charge on any atom is -0.463 e. The first-order chi connectivity index (χ1) is 23.9. The molecule has 244 valence electrons. The molecule has 0 saturated carbocycles. The zero-order valence-corrected chi connectivity index (χ0v) is 28.8. The Morgan fingerprint density at radius 1 is 0.878 bits per heavy atom. The fourth-order valence-corrected chi connectivity index (χ4v) is 7.55. The van der Waals surface area contributed by atoms with Gasteiger partial charge in [-0.25, -0.2) is 9.79 Å². The molecule has 49 heavy (non-hydrogen) atoms. The van der Waals surface area contributed by atoms with Gasteiger partial charge in [0, 0.05) is 11.3 Å². The van der Waals surface area contributed by atoms with E-state index in [1.807, 2.05) is 79.7 Å². The molecule has 0 bridgehead atoms. The standard InChI is InChI=1S/C42H37N3O3S/c1-5-48-41(47)37-28(4)43-42-45(39(37)32-23-21-29(22-24-32)27(2)3)40(46)36(49-42)26-33-25-35(30-15-9-6-10-16-30)44(34-19-13-8-14-20-34)38(33)31-17-11-7-12-18-31/h6-27,39H,5H2,1-4H3/b36-26-/t39-/m0/s1. The summed E-state index contributed by atoms with van der Waals surface area (Å²) in [6.45, 7) is 8.11. The summed E-state index contributed by atoms with van der Waals surface area (Å²) in [7, 11) is 0. The highest BCUT2D eigenvalue weighted by Gasteiger charge is 2.33. The molecule has 7 heteroatoms. The molecule has 3 heterocycles. The number of allylic oxidation sites excluding steroid dienone is 1. The highest BCUT2D eigenvalue weighted by molar-refractivity contribution is 7.07. The summed E-state index contributed by atoms with van der Waals surface area (Å²) in [5.74, 6) is -0.115. The first kappa shape index (κ1) is 32.0. The number of thiazole rings is 1. The van der Waals surface area contributed by atoms with Crippen LogP contribution in [0.1, 0.15) is 56.3 Å². The lowest BCUT2D eigenvalue weighted by Crippen LogP contribution is -2.39. The summed E-state index contributed by atoms with van der Waals surface area (Å²) in [6, 6.07) is 40.5. The van der Waals surface area contributed by atoms with Crippen LogP contribution in [0, 0.1) is 0 Å². The SMILES string of the molecule is CCOC(=O)C1=C(C)N=c2s/c(=C\c3cc(-c4ccccc4)n(-c4ccccc4)c3-c3ccccc3)c(=O)n2[C@H]1c1ccc(C(C)C)cc1. The minimum absolute atomic E-state index is 0.205. The Kier molecular flexibility index (Phi) is 8.85. The predicted molar refractivity (Wildman–Crippen MR) is 198 cm³/mol. The van der Waals surface area contributed by atoms with Crippen molar-refractivity contribution in [3.8, 4) is 28.2 Å².